The number of allylic oxidation sites excluding steroid dienone is 2. The van der Waals surface area contributed by atoms with E-state index in [2.05, 4.69) is 32.1 Å². The monoisotopic (exact) mass is 316 g/mol. The van der Waals surface area contributed by atoms with Crippen molar-refractivity contribution >= 4 is 18.6 Å². The minimum absolute atomic E-state index is 0.599. The lowest BCUT2D eigenvalue weighted by atomic mass is 10.2. The second-order valence-electron chi connectivity index (χ2n) is 5.66. The van der Waals surface area contributed by atoms with Gasteiger partial charge in [0.25, 0.3) is 0 Å². The van der Waals surface area contributed by atoms with E-state index in [4.69, 9.17) is 0 Å². The van der Waals surface area contributed by atoms with Crippen LogP contribution in [0.3, 0.4) is 0 Å². The molecule has 0 bridgehead atoms. The third kappa shape index (κ3) is 2.92. The maximum absolute atomic E-state index is 10.7. The highest BCUT2D eigenvalue weighted by molar-refractivity contribution is 5.79. The van der Waals surface area contributed by atoms with Gasteiger partial charge in [-0.25, -0.2) is 0 Å². The van der Waals surface area contributed by atoms with Gasteiger partial charge >= 0.3 is 0 Å². The molecule has 3 aromatic heterocycles. The Hall–Kier alpha value is -3.34. The highest BCUT2D eigenvalue weighted by atomic mass is 16.1. The molecule has 24 heavy (non-hydrogen) atoms. The SMILES string of the molecule is O=Cc1ccc(Cc2ccc(-c3ccc(/C=C4/C=CC=N4)[nH]3)[nH]2)[nH]1. The molecule has 0 amide bonds. The Bertz CT molecular complexity index is 951. The minimum atomic E-state index is 0.599. The summed E-state index contributed by atoms with van der Waals surface area (Å²) in [6.07, 6.45) is 9.23. The van der Waals surface area contributed by atoms with Crippen LogP contribution in [0.2, 0.25) is 0 Å². The molecular formula is C19H16N4O. The standard InChI is InChI=1S/C19H16N4O/c24-12-17-4-3-14(21-17)11-16-6-8-19(23-16)18-7-5-15(22-18)10-13-2-1-9-20-13/h1-10,12,21-23H,11H2/b13-10-. The molecule has 3 N–H and O–H groups in total. The summed E-state index contributed by atoms with van der Waals surface area (Å²) in [5, 5.41) is 0. The van der Waals surface area contributed by atoms with Gasteiger partial charge in [0.1, 0.15) is 0 Å². The van der Waals surface area contributed by atoms with Crippen LogP contribution in [0, 0.1) is 0 Å². The second kappa shape index (κ2) is 6.04. The van der Waals surface area contributed by atoms with E-state index in [1.807, 2.05) is 36.4 Å². The van der Waals surface area contributed by atoms with Gasteiger partial charge in [-0.05, 0) is 54.6 Å². The number of nitrogens with zero attached hydrogens (tertiary/aromatic N) is 1. The molecule has 0 saturated carbocycles. The normalized spacial score (nSPS) is 14.8. The summed E-state index contributed by atoms with van der Waals surface area (Å²) in [7, 11) is 0. The number of aliphatic imine (C=N–C) groups is 1. The van der Waals surface area contributed by atoms with E-state index in [1.54, 1.807) is 12.3 Å². The maximum Gasteiger partial charge on any atom is 0.166 e. The maximum atomic E-state index is 10.7. The molecule has 0 radical (unpaired) electrons. The third-order valence-corrected chi connectivity index (χ3v) is 3.90. The molecule has 118 valence electrons. The van der Waals surface area contributed by atoms with Crippen LogP contribution in [0.1, 0.15) is 27.6 Å². The average molecular weight is 316 g/mol. The zero-order valence-corrected chi connectivity index (χ0v) is 12.9. The zero-order chi connectivity index (χ0) is 16.4. The number of carbonyl (C=O) groups is 1. The van der Waals surface area contributed by atoms with Crippen molar-refractivity contribution in [1.82, 2.24) is 15.0 Å². The Balaban J connectivity index is 1.51. The number of rotatable bonds is 5. The number of nitrogens with one attached hydrogen (secondary N) is 3. The molecule has 4 rings (SSSR count). The largest absolute Gasteiger partial charge is 0.357 e. The second-order valence-corrected chi connectivity index (χ2v) is 5.66. The van der Waals surface area contributed by atoms with Crippen molar-refractivity contribution in [3.05, 3.63) is 77.0 Å². The lowest BCUT2D eigenvalue weighted by Crippen LogP contribution is -1.90. The number of aromatic nitrogens is 3. The molecular weight excluding hydrogens is 300 g/mol. The van der Waals surface area contributed by atoms with Crippen molar-refractivity contribution in [2.45, 2.75) is 6.42 Å². The number of hydrogen-bond donors (Lipinski definition) is 3. The van der Waals surface area contributed by atoms with Gasteiger partial charge in [-0.2, -0.15) is 0 Å². The molecule has 5 heteroatoms. The Morgan fingerprint density at radius 3 is 2.42 bits per heavy atom. The highest BCUT2D eigenvalue weighted by Gasteiger charge is 2.06. The fraction of sp³-hybridized carbons (Fsp3) is 0.0526. The molecule has 0 spiro atoms. The van der Waals surface area contributed by atoms with Gasteiger partial charge in [-0.3, -0.25) is 9.79 Å². The first kappa shape index (κ1) is 14.3. The Labute approximate surface area is 138 Å². The third-order valence-electron chi connectivity index (χ3n) is 3.90. The van der Waals surface area contributed by atoms with Crippen LogP contribution >= 0.6 is 0 Å². The molecule has 0 atom stereocenters. The van der Waals surface area contributed by atoms with E-state index in [9.17, 15) is 4.79 Å². The summed E-state index contributed by atoms with van der Waals surface area (Å²) in [6.45, 7) is 0. The van der Waals surface area contributed by atoms with E-state index in [0.717, 1.165) is 46.9 Å². The van der Waals surface area contributed by atoms with Crippen molar-refractivity contribution in [1.29, 1.82) is 0 Å². The van der Waals surface area contributed by atoms with Crippen LogP contribution < -0.4 is 0 Å². The summed E-state index contributed by atoms with van der Waals surface area (Å²) in [6, 6.07) is 11.9. The van der Waals surface area contributed by atoms with Crippen LogP contribution in [0.4, 0.5) is 0 Å². The topological polar surface area (TPSA) is 76.8 Å². The summed E-state index contributed by atoms with van der Waals surface area (Å²) in [5.41, 5.74) is 6.70. The van der Waals surface area contributed by atoms with E-state index in [-0.39, 0.29) is 0 Å². The van der Waals surface area contributed by atoms with E-state index in [0.29, 0.717) is 5.69 Å². The highest BCUT2D eigenvalue weighted by Crippen LogP contribution is 2.21. The molecule has 1 aliphatic rings. The lowest BCUT2D eigenvalue weighted by Gasteiger charge is -1.97. The number of aldehydes is 1. The summed E-state index contributed by atoms with van der Waals surface area (Å²) >= 11 is 0. The van der Waals surface area contributed by atoms with E-state index < -0.39 is 0 Å². The molecule has 0 unspecified atom stereocenters. The summed E-state index contributed by atoms with van der Waals surface area (Å²) in [5.74, 6) is 0. The van der Waals surface area contributed by atoms with Crippen LogP contribution in [-0.2, 0) is 6.42 Å². The van der Waals surface area contributed by atoms with Gasteiger partial charge in [0, 0.05) is 29.7 Å². The molecule has 5 nitrogen and oxygen atoms in total. The van der Waals surface area contributed by atoms with Gasteiger partial charge in [0.2, 0.25) is 0 Å². The van der Waals surface area contributed by atoms with Gasteiger partial charge in [0.15, 0.2) is 6.29 Å². The average Bonchev–Trinajstić information content (AvgIpc) is 3.36. The van der Waals surface area contributed by atoms with E-state index >= 15 is 0 Å². The molecule has 3 aromatic rings. The number of H-pyrrole nitrogens is 3. The summed E-state index contributed by atoms with van der Waals surface area (Å²) in [4.78, 5) is 24.8. The van der Waals surface area contributed by atoms with Gasteiger partial charge in [-0.15, -0.1) is 0 Å². The Morgan fingerprint density at radius 1 is 0.875 bits per heavy atom. The Morgan fingerprint density at radius 2 is 1.62 bits per heavy atom. The van der Waals surface area contributed by atoms with Crippen LogP contribution in [-0.4, -0.2) is 27.5 Å². The molecule has 1 aliphatic heterocycles. The minimum Gasteiger partial charge on any atom is -0.357 e. The molecule has 4 heterocycles. The first-order valence-corrected chi connectivity index (χ1v) is 7.73. The fourth-order valence-electron chi connectivity index (χ4n) is 2.75. The Kier molecular flexibility index (Phi) is 3.59. The molecule has 0 fully saturated rings. The first-order valence-electron chi connectivity index (χ1n) is 7.73. The zero-order valence-electron chi connectivity index (χ0n) is 12.9. The van der Waals surface area contributed by atoms with Crippen molar-refractivity contribution in [3.63, 3.8) is 0 Å². The van der Waals surface area contributed by atoms with Crippen molar-refractivity contribution in [3.8, 4) is 11.4 Å². The van der Waals surface area contributed by atoms with Crippen molar-refractivity contribution in [2.75, 3.05) is 0 Å². The van der Waals surface area contributed by atoms with Gasteiger partial charge < -0.3 is 15.0 Å². The van der Waals surface area contributed by atoms with Crippen molar-refractivity contribution < 1.29 is 4.79 Å². The predicted octanol–water partition coefficient (Wildman–Crippen LogP) is 3.72. The fourth-order valence-corrected chi connectivity index (χ4v) is 2.75. The van der Waals surface area contributed by atoms with Crippen LogP contribution in [0.5, 0.6) is 0 Å². The smallest absolute Gasteiger partial charge is 0.166 e. The molecule has 0 saturated heterocycles. The lowest BCUT2D eigenvalue weighted by molar-refractivity contribution is 0.111. The first-order chi connectivity index (χ1) is 11.8. The predicted molar refractivity (Wildman–Crippen MR) is 95.2 cm³/mol. The van der Waals surface area contributed by atoms with Gasteiger partial charge in [-0.1, -0.05) is 0 Å². The van der Waals surface area contributed by atoms with Crippen LogP contribution in [0.15, 0.2) is 59.2 Å². The van der Waals surface area contributed by atoms with Crippen molar-refractivity contribution in [2.24, 2.45) is 4.99 Å². The number of carbonyl (C=O) groups excluding carboxylic acids is 1. The van der Waals surface area contributed by atoms with Crippen LogP contribution in [0.25, 0.3) is 17.5 Å². The quantitative estimate of drug-likeness (QED) is 0.616. The summed E-state index contributed by atoms with van der Waals surface area (Å²) < 4.78 is 0. The van der Waals surface area contributed by atoms with E-state index in [1.165, 1.54) is 0 Å². The number of hydrogen-bond acceptors (Lipinski definition) is 2. The number of aromatic amines is 3. The molecule has 0 aliphatic carbocycles. The molecule has 0 aromatic carbocycles. The van der Waals surface area contributed by atoms with Gasteiger partial charge in [0.05, 0.1) is 22.8 Å².